The molecule has 4 aromatic carbocycles. The number of esters is 1. The fourth-order valence-corrected chi connectivity index (χ4v) is 5.04. The topological polar surface area (TPSA) is 111 Å². The maximum atomic E-state index is 13.0. The van der Waals surface area contributed by atoms with Gasteiger partial charge in [0, 0.05) is 16.3 Å². The zero-order chi connectivity index (χ0) is 34.3. The second kappa shape index (κ2) is 18.4. The maximum Gasteiger partial charge on any atom is 0.343 e. The first-order chi connectivity index (χ1) is 23.2. The van der Waals surface area contributed by atoms with Gasteiger partial charge in [0.15, 0.2) is 5.78 Å². The molecule has 0 aliphatic carbocycles. The van der Waals surface area contributed by atoms with Crippen molar-refractivity contribution in [1.29, 1.82) is 0 Å². The second-order valence-electron chi connectivity index (χ2n) is 11.6. The molecule has 0 saturated carbocycles. The highest BCUT2D eigenvalue weighted by atomic mass is 35.5. The molecule has 9 heteroatoms. The first kappa shape index (κ1) is 35.9. The van der Waals surface area contributed by atoms with E-state index in [1.165, 1.54) is 26.2 Å². The Morgan fingerprint density at radius 3 is 1.96 bits per heavy atom. The number of benzene rings is 4. The van der Waals surface area contributed by atoms with Gasteiger partial charge in [-0.15, -0.1) is 0 Å². The number of halogens is 1. The summed E-state index contributed by atoms with van der Waals surface area (Å²) in [6.45, 7) is 4.26. The number of hydrogen-bond acceptors (Lipinski definition) is 6. The summed E-state index contributed by atoms with van der Waals surface area (Å²) in [6, 6.07) is 26.4. The van der Waals surface area contributed by atoms with Crippen LogP contribution in [0.3, 0.4) is 0 Å². The standard InChI is InChI=1S/C39H41ClN2O6/c1-3-4-5-6-7-24-47-34-22-14-31(15-23-34)39(46)48-35-20-10-28(11-21-35)25-36(27(2)43)42-38(45)30-12-18-33(19-13-30)41-37(44)26-29-8-16-32(40)17-9-29/h8-23,36H,3-7,24-26H2,1-2H3,(H,41,44)(H,42,45)/t36-/m0/s1. The van der Waals surface area contributed by atoms with Crippen LogP contribution in [0.15, 0.2) is 97.1 Å². The summed E-state index contributed by atoms with van der Waals surface area (Å²) in [6.07, 6.45) is 6.26. The third kappa shape index (κ3) is 11.7. The van der Waals surface area contributed by atoms with E-state index in [9.17, 15) is 19.2 Å². The Balaban J connectivity index is 1.24. The van der Waals surface area contributed by atoms with E-state index in [1.54, 1.807) is 97.1 Å². The summed E-state index contributed by atoms with van der Waals surface area (Å²) in [5, 5.41) is 6.20. The van der Waals surface area contributed by atoms with Crippen LogP contribution in [-0.2, 0) is 22.4 Å². The Bertz CT molecular complexity index is 1650. The molecule has 8 nitrogen and oxygen atoms in total. The van der Waals surface area contributed by atoms with Crippen molar-refractivity contribution in [3.63, 3.8) is 0 Å². The highest BCUT2D eigenvalue weighted by molar-refractivity contribution is 6.30. The highest BCUT2D eigenvalue weighted by Gasteiger charge is 2.19. The van der Waals surface area contributed by atoms with E-state index in [2.05, 4.69) is 17.6 Å². The van der Waals surface area contributed by atoms with Gasteiger partial charge in [0.05, 0.1) is 24.6 Å². The van der Waals surface area contributed by atoms with Gasteiger partial charge in [0.2, 0.25) is 5.91 Å². The Kier molecular flexibility index (Phi) is 13.8. The molecular formula is C39H41ClN2O6. The molecule has 0 saturated heterocycles. The van der Waals surface area contributed by atoms with E-state index in [1.807, 2.05) is 0 Å². The Labute approximate surface area is 286 Å². The summed E-state index contributed by atoms with van der Waals surface area (Å²) in [5.41, 5.74) is 2.91. The van der Waals surface area contributed by atoms with Crippen LogP contribution in [0.25, 0.3) is 0 Å². The summed E-state index contributed by atoms with van der Waals surface area (Å²) < 4.78 is 11.3. The molecule has 0 radical (unpaired) electrons. The van der Waals surface area contributed by atoms with Crippen LogP contribution in [0.2, 0.25) is 5.02 Å². The molecule has 0 spiro atoms. The number of nitrogens with one attached hydrogen (secondary N) is 2. The van der Waals surface area contributed by atoms with Crippen molar-refractivity contribution in [3.05, 3.63) is 124 Å². The molecule has 1 atom stereocenters. The quantitative estimate of drug-likeness (QED) is 0.0670. The average Bonchev–Trinajstić information content (AvgIpc) is 3.08. The zero-order valence-corrected chi connectivity index (χ0v) is 28.1. The van der Waals surface area contributed by atoms with Crippen molar-refractivity contribution in [2.75, 3.05) is 11.9 Å². The molecule has 0 aromatic heterocycles. The molecule has 250 valence electrons. The van der Waals surface area contributed by atoms with E-state index in [4.69, 9.17) is 21.1 Å². The predicted octanol–water partition coefficient (Wildman–Crippen LogP) is 8.02. The fraction of sp³-hybridized carbons (Fsp3) is 0.282. The molecule has 2 amide bonds. The van der Waals surface area contributed by atoms with E-state index in [0.29, 0.717) is 39.9 Å². The predicted molar refractivity (Wildman–Crippen MR) is 188 cm³/mol. The number of amides is 2. The largest absolute Gasteiger partial charge is 0.494 e. The van der Waals surface area contributed by atoms with Gasteiger partial charge in [0.25, 0.3) is 5.91 Å². The van der Waals surface area contributed by atoms with Crippen molar-refractivity contribution in [2.45, 2.75) is 64.8 Å². The van der Waals surface area contributed by atoms with Gasteiger partial charge >= 0.3 is 5.97 Å². The third-order valence-electron chi connectivity index (χ3n) is 7.69. The van der Waals surface area contributed by atoms with Gasteiger partial charge in [-0.2, -0.15) is 0 Å². The van der Waals surface area contributed by atoms with Crippen LogP contribution in [0, 0.1) is 0 Å². The summed E-state index contributed by atoms with van der Waals surface area (Å²) >= 11 is 5.90. The van der Waals surface area contributed by atoms with Crippen molar-refractivity contribution in [2.24, 2.45) is 0 Å². The van der Waals surface area contributed by atoms with Crippen molar-refractivity contribution >= 4 is 40.9 Å². The highest BCUT2D eigenvalue weighted by Crippen LogP contribution is 2.19. The number of carbonyl (C=O) groups excluding carboxylic acids is 4. The first-order valence-corrected chi connectivity index (χ1v) is 16.6. The Morgan fingerprint density at radius 1 is 0.708 bits per heavy atom. The number of hydrogen-bond donors (Lipinski definition) is 2. The average molecular weight is 669 g/mol. The van der Waals surface area contributed by atoms with Gasteiger partial charge in [-0.1, -0.05) is 68.5 Å². The molecule has 0 bridgehead atoms. The Morgan fingerprint density at radius 2 is 1.31 bits per heavy atom. The minimum atomic E-state index is -0.762. The molecule has 4 aromatic rings. The number of Topliss-reactive ketones (excluding diaryl/α,β-unsaturated/α-hetero) is 1. The lowest BCUT2D eigenvalue weighted by atomic mass is 10.0. The molecule has 0 heterocycles. The second-order valence-corrected chi connectivity index (χ2v) is 12.0. The number of rotatable bonds is 17. The Hall–Kier alpha value is -4.95. The SMILES string of the molecule is CCCCCCCOc1ccc(C(=O)Oc2ccc(C[C@H](NC(=O)c3ccc(NC(=O)Cc4ccc(Cl)cc4)cc3)C(C)=O)cc2)cc1. The van der Waals surface area contributed by atoms with Crippen LogP contribution in [0.4, 0.5) is 5.69 Å². The lowest BCUT2D eigenvalue weighted by Gasteiger charge is -2.17. The summed E-state index contributed by atoms with van der Waals surface area (Å²) in [5.74, 6) is -0.230. The lowest BCUT2D eigenvalue weighted by Crippen LogP contribution is -2.41. The van der Waals surface area contributed by atoms with Gasteiger partial charge in [0.1, 0.15) is 11.5 Å². The van der Waals surface area contributed by atoms with Gasteiger partial charge in [-0.05, 0) is 104 Å². The molecular weight excluding hydrogens is 628 g/mol. The van der Waals surface area contributed by atoms with Crippen molar-refractivity contribution < 1.29 is 28.7 Å². The molecule has 0 unspecified atom stereocenters. The van der Waals surface area contributed by atoms with Crippen molar-refractivity contribution in [3.8, 4) is 11.5 Å². The number of ether oxygens (including phenoxy) is 2. The van der Waals surface area contributed by atoms with E-state index < -0.39 is 17.9 Å². The van der Waals surface area contributed by atoms with Gasteiger partial charge in [-0.3, -0.25) is 14.4 Å². The van der Waals surface area contributed by atoms with Crippen LogP contribution in [0.1, 0.15) is 77.8 Å². The van der Waals surface area contributed by atoms with Crippen LogP contribution in [-0.4, -0.2) is 36.2 Å². The molecule has 0 aliphatic rings. The lowest BCUT2D eigenvalue weighted by molar-refractivity contribution is -0.119. The van der Waals surface area contributed by atoms with E-state index >= 15 is 0 Å². The molecule has 4 rings (SSSR count). The number of carbonyl (C=O) groups is 4. The number of anilines is 1. The summed E-state index contributed by atoms with van der Waals surface area (Å²) in [7, 11) is 0. The zero-order valence-electron chi connectivity index (χ0n) is 27.3. The molecule has 0 aliphatic heterocycles. The van der Waals surface area contributed by atoms with E-state index in [0.717, 1.165) is 24.0 Å². The van der Waals surface area contributed by atoms with E-state index in [-0.39, 0.29) is 24.5 Å². The van der Waals surface area contributed by atoms with Crippen LogP contribution < -0.4 is 20.1 Å². The number of unbranched alkanes of at least 4 members (excludes halogenated alkanes) is 4. The fourth-order valence-electron chi connectivity index (χ4n) is 4.91. The molecule has 0 fully saturated rings. The first-order valence-electron chi connectivity index (χ1n) is 16.2. The van der Waals surface area contributed by atoms with Crippen molar-refractivity contribution in [1.82, 2.24) is 5.32 Å². The third-order valence-corrected chi connectivity index (χ3v) is 7.94. The molecule has 48 heavy (non-hydrogen) atoms. The van der Waals surface area contributed by atoms with Gasteiger partial charge < -0.3 is 20.1 Å². The molecule has 2 N–H and O–H groups in total. The summed E-state index contributed by atoms with van der Waals surface area (Å²) in [4.78, 5) is 50.4. The number of ketones is 1. The minimum absolute atomic E-state index is 0.187. The maximum absolute atomic E-state index is 13.0. The monoisotopic (exact) mass is 668 g/mol. The normalized spacial score (nSPS) is 11.3. The van der Waals surface area contributed by atoms with Crippen LogP contribution in [0.5, 0.6) is 11.5 Å². The minimum Gasteiger partial charge on any atom is -0.494 e. The smallest absolute Gasteiger partial charge is 0.343 e. The van der Waals surface area contributed by atoms with Crippen LogP contribution >= 0.6 is 11.6 Å². The van der Waals surface area contributed by atoms with Gasteiger partial charge in [-0.25, -0.2) is 4.79 Å².